The molecule has 1 heterocycles. The monoisotopic (exact) mass is 202 g/mol. The van der Waals surface area contributed by atoms with Gasteiger partial charge in [-0.2, -0.15) is 0 Å². The van der Waals surface area contributed by atoms with Crippen molar-refractivity contribution >= 4 is 6.01 Å². The van der Waals surface area contributed by atoms with E-state index in [-0.39, 0.29) is 6.01 Å². The molecule has 0 spiro atoms. The molecule has 3 nitrogen and oxygen atoms in total. The van der Waals surface area contributed by atoms with Gasteiger partial charge in [0.25, 0.3) is 6.01 Å². The van der Waals surface area contributed by atoms with Crippen molar-refractivity contribution in [2.24, 2.45) is 0 Å². The molecular weight excluding hydrogens is 188 g/mol. The minimum absolute atomic E-state index is 0.245. The first-order chi connectivity index (χ1) is 7.25. The second-order valence-corrected chi connectivity index (χ2v) is 3.59. The first kappa shape index (κ1) is 9.77. The standard InChI is InChI=1S/C12H14N2O/c1-9-4-2-3-5-10(9)6-7-11-8-14-12(13)15-11/h2-5,8H,6-7H2,1H3,(H2,13,14). The fourth-order valence-electron chi connectivity index (χ4n) is 1.59. The van der Waals surface area contributed by atoms with E-state index in [1.54, 1.807) is 6.20 Å². The van der Waals surface area contributed by atoms with Gasteiger partial charge in [-0.05, 0) is 24.5 Å². The third-order valence-corrected chi connectivity index (χ3v) is 2.47. The van der Waals surface area contributed by atoms with Crippen LogP contribution in [-0.4, -0.2) is 4.98 Å². The highest BCUT2D eigenvalue weighted by atomic mass is 16.4. The van der Waals surface area contributed by atoms with Crippen LogP contribution in [0.4, 0.5) is 6.01 Å². The molecule has 0 saturated heterocycles. The number of anilines is 1. The van der Waals surface area contributed by atoms with Gasteiger partial charge in [0.15, 0.2) is 0 Å². The van der Waals surface area contributed by atoms with E-state index in [2.05, 4.69) is 30.1 Å². The summed E-state index contributed by atoms with van der Waals surface area (Å²) >= 11 is 0. The Morgan fingerprint density at radius 2 is 2.07 bits per heavy atom. The molecule has 0 unspecified atom stereocenters. The van der Waals surface area contributed by atoms with Gasteiger partial charge in [-0.25, -0.2) is 4.98 Å². The Labute approximate surface area is 88.9 Å². The van der Waals surface area contributed by atoms with Crippen LogP contribution in [0.1, 0.15) is 16.9 Å². The van der Waals surface area contributed by atoms with Crippen molar-refractivity contribution in [1.29, 1.82) is 0 Å². The van der Waals surface area contributed by atoms with Crippen LogP contribution in [0.3, 0.4) is 0 Å². The Morgan fingerprint density at radius 1 is 1.27 bits per heavy atom. The zero-order valence-electron chi connectivity index (χ0n) is 8.73. The Bertz CT molecular complexity index is 448. The van der Waals surface area contributed by atoms with Gasteiger partial charge in [-0.1, -0.05) is 24.3 Å². The van der Waals surface area contributed by atoms with Gasteiger partial charge in [0.2, 0.25) is 0 Å². The summed E-state index contributed by atoms with van der Waals surface area (Å²) < 4.78 is 5.21. The smallest absolute Gasteiger partial charge is 0.292 e. The number of aromatic nitrogens is 1. The molecular formula is C12H14N2O. The Hall–Kier alpha value is -1.77. The number of oxazole rings is 1. The summed E-state index contributed by atoms with van der Waals surface area (Å²) in [5.41, 5.74) is 8.05. The zero-order chi connectivity index (χ0) is 10.7. The van der Waals surface area contributed by atoms with Crippen molar-refractivity contribution in [1.82, 2.24) is 4.98 Å². The number of aryl methyl sites for hydroxylation is 3. The molecule has 0 saturated carbocycles. The molecule has 0 atom stereocenters. The third kappa shape index (κ3) is 2.37. The largest absolute Gasteiger partial charge is 0.429 e. The first-order valence-corrected chi connectivity index (χ1v) is 5.00. The molecule has 15 heavy (non-hydrogen) atoms. The topological polar surface area (TPSA) is 52.0 Å². The molecule has 0 radical (unpaired) electrons. The summed E-state index contributed by atoms with van der Waals surface area (Å²) in [7, 11) is 0. The van der Waals surface area contributed by atoms with E-state index in [4.69, 9.17) is 10.2 Å². The number of hydrogen-bond acceptors (Lipinski definition) is 3. The van der Waals surface area contributed by atoms with Crippen LogP contribution >= 0.6 is 0 Å². The van der Waals surface area contributed by atoms with Crippen LogP contribution in [0.25, 0.3) is 0 Å². The lowest BCUT2D eigenvalue weighted by molar-refractivity contribution is 0.521. The third-order valence-electron chi connectivity index (χ3n) is 2.47. The number of hydrogen-bond donors (Lipinski definition) is 1. The van der Waals surface area contributed by atoms with Gasteiger partial charge in [-0.3, -0.25) is 0 Å². The highest BCUT2D eigenvalue weighted by molar-refractivity contribution is 5.26. The Balaban J connectivity index is 2.02. The molecule has 0 bridgehead atoms. The molecule has 2 rings (SSSR count). The van der Waals surface area contributed by atoms with Crippen LogP contribution < -0.4 is 5.73 Å². The molecule has 1 aromatic carbocycles. The van der Waals surface area contributed by atoms with Crippen molar-refractivity contribution < 1.29 is 4.42 Å². The van der Waals surface area contributed by atoms with E-state index in [1.165, 1.54) is 11.1 Å². The number of nitrogens with two attached hydrogens (primary N) is 1. The van der Waals surface area contributed by atoms with E-state index in [0.717, 1.165) is 18.6 Å². The summed E-state index contributed by atoms with van der Waals surface area (Å²) in [6.07, 6.45) is 3.49. The highest BCUT2D eigenvalue weighted by Crippen LogP contribution is 2.12. The molecule has 3 heteroatoms. The van der Waals surface area contributed by atoms with Gasteiger partial charge < -0.3 is 10.2 Å². The fourth-order valence-corrected chi connectivity index (χ4v) is 1.59. The number of rotatable bonds is 3. The first-order valence-electron chi connectivity index (χ1n) is 5.00. The van der Waals surface area contributed by atoms with Crippen LogP contribution in [0.15, 0.2) is 34.9 Å². The van der Waals surface area contributed by atoms with Gasteiger partial charge in [-0.15, -0.1) is 0 Å². The zero-order valence-corrected chi connectivity index (χ0v) is 8.73. The summed E-state index contributed by atoms with van der Waals surface area (Å²) in [5, 5.41) is 0. The maximum absolute atomic E-state index is 5.40. The van der Waals surface area contributed by atoms with Crippen molar-refractivity contribution in [3.8, 4) is 0 Å². The van der Waals surface area contributed by atoms with E-state index in [0.29, 0.717) is 0 Å². The Kier molecular flexibility index (Phi) is 2.72. The number of benzene rings is 1. The van der Waals surface area contributed by atoms with Crippen LogP contribution in [-0.2, 0) is 12.8 Å². The van der Waals surface area contributed by atoms with Crippen LogP contribution in [0, 0.1) is 6.92 Å². The molecule has 0 aliphatic rings. The van der Waals surface area contributed by atoms with E-state index < -0.39 is 0 Å². The second kappa shape index (κ2) is 4.17. The normalized spacial score (nSPS) is 10.5. The van der Waals surface area contributed by atoms with E-state index in [9.17, 15) is 0 Å². The molecule has 2 N–H and O–H groups in total. The van der Waals surface area contributed by atoms with Crippen molar-refractivity contribution in [3.05, 3.63) is 47.3 Å². The van der Waals surface area contributed by atoms with Gasteiger partial charge in [0, 0.05) is 6.42 Å². The summed E-state index contributed by atoms with van der Waals surface area (Å²) in [6.45, 7) is 2.12. The predicted octanol–water partition coefficient (Wildman–Crippen LogP) is 2.35. The summed E-state index contributed by atoms with van der Waals surface area (Å²) in [5.74, 6) is 0.843. The van der Waals surface area contributed by atoms with Gasteiger partial charge in [0.1, 0.15) is 5.76 Å². The fraction of sp³-hybridized carbons (Fsp3) is 0.250. The van der Waals surface area contributed by atoms with E-state index in [1.807, 2.05) is 6.07 Å². The maximum atomic E-state index is 5.40. The van der Waals surface area contributed by atoms with Crippen LogP contribution in [0.2, 0.25) is 0 Å². The summed E-state index contributed by atoms with van der Waals surface area (Å²) in [4.78, 5) is 3.86. The summed E-state index contributed by atoms with van der Waals surface area (Å²) in [6, 6.07) is 8.59. The minimum Gasteiger partial charge on any atom is -0.429 e. The molecule has 0 aliphatic heterocycles. The van der Waals surface area contributed by atoms with Crippen molar-refractivity contribution in [2.45, 2.75) is 19.8 Å². The lowest BCUT2D eigenvalue weighted by Gasteiger charge is -2.02. The quantitative estimate of drug-likeness (QED) is 0.831. The lowest BCUT2D eigenvalue weighted by Crippen LogP contribution is -1.92. The molecule has 2 aromatic rings. The SMILES string of the molecule is Cc1ccccc1CCc1cnc(N)o1. The predicted molar refractivity (Wildman–Crippen MR) is 59.5 cm³/mol. The molecule has 78 valence electrons. The Morgan fingerprint density at radius 3 is 2.73 bits per heavy atom. The van der Waals surface area contributed by atoms with E-state index >= 15 is 0 Å². The van der Waals surface area contributed by atoms with Gasteiger partial charge >= 0.3 is 0 Å². The molecule has 0 amide bonds. The second-order valence-electron chi connectivity index (χ2n) is 3.59. The average Bonchev–Trinajstić information content (AvgIpc) is 2.63. The minimum atomic E-state index is 0.245. The molecule has 0 fully saturated rings. The lowest BCUT2D eigenvalue weighted by atomic mass is 10.0. The molecule has 0 aliphatic carbocycles. The van der Waals surface area contributed by atoms with Crippen molar-refractivity contribution in [3.63, 3.8) is 0 Å². The van der Waals surface area contributed by atoms with Gasteiger partial charge in [0.05, 0.1) is 6.20 Å². The average molecular weight is 202 g/mol. The van der Waals surface area contributed by atoms with Crippen LogP contribution in [0.5, 0.6) is 0 Å². The van der Waals surface area contributed by atoms with Crippen molar-refractivity contribution in [2.75, 3.05) is 5.73 Å². The molecule has 1 aromatic heterocycles. The maximum Gasteiger partial charge on any atom is 0.292 e. The number of nitrogen functional groups attached to an aromatic ring is 1. The number of nitrogens with zero attached hydrogens (tertiary/aromatic N) is 1. The highest BCUT2D eigenvalue weighted by Gasteiger charge is 2.02.